The summed E-state index contributed by atoms with van der Waals surface area (Å²) in [7, 11) is 0. The number of aliphatic hydroxyl groups excluding tert-OH is 1. The summed E-state index contributed by atoms with van der Waals surface area (Å²) in [5, 5.41) is 65.8. The SMILES string of the molecule is O=C(O)O.O=C(O)O.O=C(O)O.O=C(O)O.OC(c1ccccc1)c1ccccc1. The van der Waals surface area contributed by atoms with Crippen molar-refractivity contribution in [3.63, 3.8) is 0 Å². The fourth-order valence-corrected chi connectivity index (χ4v) is 1.46. The molecule has 0 aromatic heterocycles. The van der Waals surface area contributed by atoms with Gasteiger partial charge in [0.1, 0.15) is 6.10 Å². The number of carboxylic acid groups (broad SMARTS) is 8. The Morgan fingerprint density at radius 2 is 0.633 bits per heavy atom. The lowest BCUT2D eigenvalue weighted by atomic mass is 10.0. The van der Waals surface area contributed by atoms with E-state index in [0.29, 0.717) is 0 Å². The molecule has 2 aromatic carbocycles. The summed E-state index contributed by atoms with van der Waals surface area (Å²) in [6, 6.07) is 19.3. The Hall–Kier alpha value is -4.52. The second kappa shape index (κ2) is 19.2. The van der Waals surface area contributed by atoms with E-state index in [0.717, 1.165) is 11.1 Å². The maximum Gasteiger partial charge on any atom is 0.503 e. The molecule has 0 atom stereocenters. The van der Waals surface area contributed by atoms with Gasteiger partial charge in [0.15, 0.2) is 0 Å². The van der Waals surface area contributed by atoms with Gasteiger partial charge in [-0.05, 0) is 11.1 Å². The monoisotopic (exact) mass is 432 g/mol. The first-order chi connectivity index (χ1) is 13.8. The second-order valence-electron chi connectivity index (χ2n) is 4.35. The minimum absolute atomic E-state index is 0.516. The number of benzene rings is 2. The highest BCUT2D eigenvalue weighted by Crippen LogP contribution is 2.20. The molecule has 9 N–H and O–H groups in total. The first-order valence-corrected chi connectivity index (χ1v) is 7.26. The molecular formula is C17H20O13. The Balaban J connectivity index is -0.000000378. The van der Waals surface area contributed by atoms with Crippen molar-refractivity contribution in [2.45, 2.75) is 6.10 Å². The third kappa shape index (κ3) is 31.3. The Kier molecular flexibility index (Phi) is 19.4. The molecule has 2 aromatic rings. The van der Waals surface area contributed by atoms with Crippen molar-refractivity contribution < 1.29 is 65.1 Å². The molecule has 0 radical (unpaired) electrons. The van der Waals surface area contributed by atoms with E-state index < -0.39 is 30.7 Å². The van der Waals surface area contributed by atoms with Crippen LogP contribution in [0.25, 0.3) is 0 Å². The summed E-state index contributed by atoms with van der Waals surface area (Å²) in [5.41, 5.74) is 1.86. The van der Waals surface area contributed by atoms with Gasteiger partial charge in [0.2, 0.25) is 0 Å². The third-order valence-corrected chi connectivity index (χ3v) is 2.23. The van der Waals surface area contributed by atoms with Gasteiger partial charge in [0, 0.05) is 0 Å². The van der Waals surface area contributed by atoms with E-state index in [-0.39, 0.29) is 0 Å². The maximum atomic E-state index is 9.99. The number of aliphatic hydroxyl groups is 1. The van der Waals surface area contributed by atoms with Gasteiger partial charge < -0.3 is 46.0 Å². The Morgan fingerprint density at radius 3 is 0.800 bits per heavy atom. The molecule has 0 fully saturated rings. The molecule has 0 unspecified atom stereocenters. The van der Waals surface area contributed by atoms with Crippen LogP contribution in [0.1, 0.15) is 17.2 Å². The summed E-state index contributed by atoms with van der Waals surface area (Å²) in [6.07, 6.45) is -7.85. The standard InChI is InChI=1S/C13H12O.4CH2O3/c14-13(11-7-3-1-4-8-11)12-9-5-2-6-10-12;4*2-1(3)4/h1-10,13-14H;4*(H2,2,3,4). The van der Waals surface area contributed by atoms with E-state index >= 15 is 0 Å². The smallest absolute Gasteiger partial charge is 0.450 e. The van der Waals surface area contributed by atoms with Crippen LogP contribution in [0.4, 0.5) is 19.2 Å². The highest BCUT2D eigenvalue weighted by molar-refractivity contribution is 5.54. The van der Waals surface area contributed by atoms with E-state index in [2.05, 4.69) is 0 Å². The highest BCUT2D eigenvalue weighted by Gasteiger charge is 2.07. The normalized spacial score (nSPS) is 8.07. The zero-order chi connectivity index (χ0) is 24.1. The first-order valence-electron chi connectivity index (χ1n) is 7.26. The van der Waals surface area contributed by atoms with Crippen molar-refractivity contribution in [3.05, 3.63) is 71.8 Å². The molecule has 0 amide bonds. The molecule has 0 aliphatic rings. The second-order valence-corrected chi connectivity index (χ2v) is 4.35. The minimum atomic E-state index is -1.83. The zero-order valence-corrected chi connectivity index (χ0v) is 15.0. The molecule has 0 spiro atoms. The Bertz CT molecular complexity index is 628. The minimum Gasteiger partial charge on any atom is -0.450 e. The summed E-state index contributed by atoms with van der Waals surface area (Å²) < 4.78 is 0. The lowest BCUT2D eigenvalue weighted by Gasteiger charge is -2.10. The number of hydrogen-bond acceptors (Lipinski definition) is 5. The van der Waals surface area contributed by atoms with Crippen LogP contribution in [-0.4, -0.2) is 70.6 Å². The summed E-state index contributed by atoms with van der Waals surface area (Å²) in [5.74, 6) is 0. The number of hydrogen-bond donors (Lipinski definition) is 9. The Morgan fingerprint density at radius 1 is 0.467 bits per heavy atom. The van der Waals surface area contributed by atoms with Crippen LogP contribution in [0.5, 0.6) is 0 Å². The molecule has 13 heteroatoms. The van der Waals surface area contributed by atoms with Gasteiger partial charge in [-0.2, -0.15) is 0 Å². The summed E-state index contributed by atoms with van der Waals surface area (Å²) in [4.78, 5) is 34.2. The van der Waals surface area contributed by atoms with Crippen LogP contribution in [-0.2, 0) is 0 Å². The van der Waals surface area contributed by atoms with E-state index in [9.17, 15) is 5.11 Å². The van der Waals surface area contributed by atoms with Crippen molar-refractivity contribution in [1.82, 2.24) is 0 Å². The molecule has 0 bridgehead atoms. The summed E-state index contributed by atoms with van der Waals surface area (Å²) in [6.45, 7) is 0. The molecule has 30 heavy (non-hydrogen) atoms. The van der Waals surface area contributed by atoms with Crippen LogP contribution in [0.2, 0.25) is 0 Å². The van der Waals surface area contributed by atoms with Crippen LogP contribution < -0.4 is 0 Å². The molecule has 0 aliphatic carbocycles. The van der Waals surface area contributed by atoms with Gasteiger partial charge in [-0.15, -0.1) is 0 Å². The average molecular weight is 432 g/mol. The van der Waals surface area contributed by atoms with Crippen LogP contribution in [0.3, 0.4) is 0 Å². The Labute approximate surface area is 168 Å². The lowest BCUT2D eigenvalue weighted by molar-refractivity contribution is 0.135. The van der Waals surface area contributed by atoms with Gasteiger partial charge in [0.25, 0.3) is 0 Å². The van der Waals surface area contributed by atoms with E-state index in [1.54, 1.807) is 0 Å². The van der Waals surface area contributed by atoms with E-state index in [1.165, 1.54) is 0 Å². The fraction of sp³-hybridized carbons (Fsp3) is 0.0588. The highest BCUT2D eigenvalue weighted by atomic mass is 16.6. The predicted octanol–water partition coefficient (Wildman–Crippen LogP) is 3.66. The van der Waals surface area contributed by atoms with Crippen molar-refractivity contribution in [2.75, 3.05) is 0 Å². The van der Waals surface area contributed by atoms with Gasteiger partial charge in [-0.25, -0.2) is 19.2 Å². The fourth-order valence-electron chi connectivity index (χ4n) is 1.46. The molecule has 0 aliphatic heterocycles. The maximum absolute atomic E-state index is 9.99. The molecule has 0 saturated carbocycles. The van der Waals surface area contributed by atoms with E-state index in [1.807, 2.05) is 60.7 Å². The largest absolute Gasteiger partial charge is 0.503 e. The molecular weight excluding hydrogens is 412 g/mol. The molecule has 13 nitrogen and oxygen atoms in total. The summed E-state index contributed by atoms with van der Waals surface area (Å²) >= 11 is 0. The van der Waals surface area contributed by atoms with Crippen molar-refractivity contribution >= 4 is 24.6 Å². The average Bonchev–Trinajstić information content (AvgIpc) is 2.61. The lowest BCUT2D eigenvalue weighted by Crippen LogP contribution is -1.98. The third-order valence-electron chi connectivity index (χ3n) is 2.23. The molecule has 166 valence electrons. The number of rotatable bonds is 2. The van der Waals surface area contributed by atoms with Gasteiger partial charge in [-0.3, -0.25) is 0 Å². The van der Waals surface area contributed by atoms with Gasteiger partial charge >= 0.3 is 24.6 Å². The van der Waals surface area contributed by atoms with E-state index in [4.69, 9.17) is 60.0 Å². The molecule has 2 rings (SSSR count). The van der Waals surface area contributed by atoms with Crippen LogP contribution in [0.15, 0.2) is 60.7 Å². The van der Waals surface area contributed by atoms with Crippen molar-refractivity contribution in [1.29, 1.82) is 0 Å². The van der Waals surface area contributed by atoms with Gasteiger partial charge in [0.05, 0.1) is 0 Å². The quantitative estimate of drug-likeness (QED) is 0.329. The molecule has 0 saturated heterocycles. The van der Waals surface area contributed by atoms with Gasteiger partial charge in [-0.1, -0.05) is 60.7 Å². The van der Waals surface area contributed by atoms with Crippen LogP contribution in [0, 0.1) is 0 Å². The number of carbonyl (C=O) groups is 4. The predicted molar refractivity (Wildman–Crippen MR) is 99.6 cm³/mol. The topological polar surface area (TPSA) is 250 Å². The van der Waals surface area contributed by atoms with Crippen molar-refractivity contribution in [3.8, 4) is 0 Å². The zero-order valence-electron chi connectivity index (χ0n) is 15.0. The molecule has 0 heterocycles. The van der Waals surface area contributed by atoms with Crippen LogP contribution >= 0.6 is 0 Å². The first kappa shape index (κ1) is 30.2. The van der Waals surface area contributed by atoms with Crippen molar-refractivity contribution in [2.24, 2.45) is 0 Å².